The van der Waals surface area contributed by atoms with Crippen LogP contribution in [0.25, 0.3) is 0 Å². The van der Waals surface area contributed by atoms with Crippen LogP contribution in [0, 0.1) is 15.9 Å². The summed E-state index contributed by atoms with van der Waals surface area (Å²) in [6, 6.07) is 12.2. The van der Waals surface area contributed by atoms with Gasteiger partial charge in [0.1, 0.15) is 0 Å². The van der Waals surface area contributed by atoms with Crippen molar-refractivity contribution in [3.63, 3.8) is 0 Å². The molecule has 1 N–H and O–H groups in total. The first-order valence-electron chi connectivity index (χ1n) is 6.43. The molecule has 0 amide bonds. The van der Waals surface area contributed by atoms with Gasteiger partial charge in [0.25, 0.3) is 0 Å². The molecule has 1 atom stereocenters. The van der Waals surface area contributed by atoms with Gasteiger partial charge in [-0.05, 0) is 30.0 Å². The molecule has 0 aliphatic heterocycles. The first kappa shape index (κ1) is 12.6. The third-order valence-electron chi connectivity index (χ3n) is 3.62. The Morgan fingerprint density at radius 1 is 1.25 bits per heavy atom. The largest absolute Gasteiger partial charge is 0.378 e. The summed E-state index contributed by atoms with van der Waals surface area (Å²) < 4.78 is 13.6. The number of nitrogens with one attached hydrogen (secondary N) is 1. The first-order valence-corrected chi connectivity index (χ1v) is 6.43. The number of nitrogens with zero attached hydrogens (tertiary/aromatic N) is 1. The van der Waals surface area contributed by atoms with E-state index in [1.165, 1.54) is 23.3 Å². The van der Waals surface area contributed by atoms with Gasteiger partial charge in [0.15, 0.2) is 0 Å². The molecule has 1 aliphatic carbocycles. The first-order chi connectivity index (χ1) is 9.65. The smallest absolute Gasteiger partial charge is 0.304 e. The van der Waals surface area contributed by atoms with Gasteiger partial charge < -0.3 is 5.32 Å². The van der Waals surface area contributed by atoms with Gasteiger partial charge >= 0.3 is 5.69 Å². The maximum Gasteiger partial charge on any atom is 0.304 e. The molecule has 2 aromatic rings. The minimum Gasteiger partial charge on any atom is -0.378 e. The molecular weight excluding hydrogens is 259 g/mol. The van der Waals surface area contributed by atoms with Crippen LogP contribution in [0.15, 0.2) is 42.5 Å². The Labute approximate surface area is 115 Å². The van der Waals surface area contributed by atoms with Crippen molar-refractivity contribution in [3.8, 4) is 0 Å². The molecular formula is C15H13FN2O2. The van der Waals surface area contributed by atoms with E-state index in [1.54, 1.807) is 6.07 Å². The van der Waals surface area contributed by atoms with Crippen LogP contribution in [0.2, 0.25) is 0 Å². The molecule has 0 bridgehead atoms. The van der Waals surface area contributed by atoms with Gasteiger partial charge in [0.05, 0.1) is 11.0 Å². The predicted octanol–water partition coefficient (Wildman–Crippen LogP) is 3.83. The molecule has 0 heterocycles. The zero-order valence-electron chi connectivity index (χ0n) is 10.7. The summed E-state index contributed by atoms with van der Waals surface area (Å²) in [5.74, 6) is -0.814. The van der Waals surface area contributed by atoms with Crippen LogP contribution in [0.5, 0.6) is 0 Å². The van der Waals surface area contributed by atoms with E-state index in [0.717, 1.165) is 12.8 Å². The summed E-state index contributed by atoms with van der Waals surface area (Å²) in [7, 11) is 0. The maximum atomic E-state index is 13.6. The molecule has 2 aromatic carbocycles. The summed E-state index contributed by atoms with van der Waals surface area (Å²) in [5, 5.41) is 13.8. The quantitative estimate of drug-likeness (QED) is 0.682. The van der Waals surface area contributed by atoms with Crippen molar-refractivity contribution in [1.82, 2.24) is 0 Å². The molecule has 20 heavy (non-hydrogen) atoms. The summed E-state index contributed by atoms with van der Waals surface area (Å²) in [5.41, 5.74) is 2.58. The molecule has 0 aromatic heterocycles. The molecule has 1 aliphatic rings. The van der Waals surface area contributed by atoms with Gasteiger partial charge in [-0.15, -0.1) is 0 Å². The van der Waals surface area contributed by atoms with E-state index in [1.807, 2.05) is 12.1 Å². The van der Waals surface area contributed by atoms with Crippen LogP contribution in [0.3, 0.4) is 0 Å². The molecule has 4 nitrogen and oxygen atoms in total. The number of halogens is 1. The van der Waals surface area contributed by atoms with Crippen LogP contribution < -0.4 is 5.32 Å². The number of nitro benzene ring substituents is 1. The number of aryl methyl sites for hydroxylation is 1. The van der Waals surface area contributed by atoms with E-state index in [0.29, 0.717) is 5.69 Å². The Morgan fingerprint density at radius 2 is 2.05 bits per heavy atom. The highest BCUT2D eigenvalue weighted by molar-refractivity contribution is 5.52. The fraction of sp³-hybridized carbons (Fsp3) is 0.200. The number of rotatable bonds is 3. The lowest BCUT2D eigenvalue weighted by Gasteiger charge is -2.15. The maximum absolute atomic E-state index is 13.6. The zero-order chi connectivity index (χ0) is 14.1. The van der Waals surface area contributed by atoms with Crippen molar-refractivity contribution in [2.45, 2.75) is 18.9 Å². The monoisotopic (exact) mass is 272 g/mol. The fourth-order valence-electron chi connectivity index (χ4n) is 2.65. The average molecular weight is 272 g/mol. The third kappa shape index (κ3) is 2.22. The minimum atomic E-state index is -0.814. The second-order valence-electron chi connectivity index (χ2n) is 4.86. The van der Waals surface area contributed by atoms with Crippen molar-refractivity contribution in [2.75, 3.05) is 5.32 Å². The minimum absolute atomic E-state index is 0.132. The Hall–Kier alpha value is -2.43. The lowest BCUT2D eigenvalue weighted by atomic mass is 10.1. The Kier molecular flexibility index (Phi) is 3.10. The van der Waals surface area contributed by atoms with Crippen LogP contribution in [0.4, 0.5) is 15.8 Å². The molecule has 5 heteroatoms. The van der Waals surface area contributed by atoms with Gasteiger partial charge in [0, 0.05) is 17.8 Å². The predicted molar refractivity (Wildman–Crippen MR) is 74.2 cm³/mol. The van der Waals surface area contributed by atoms with Crippen molar-refractivity contribution >= 4 is 11.4 Å². The van der Waals surface area contributed by atoms with E-state index in [-0.39, 0.29) is 6.04 Å². The Bertz CT molecular complexity index is 673. The molecule has 0 saturated heterocycles. The molecule has 102 valence electrons. The highest BCUT2D eigenvalue weighted by Gasteiger charge is 2.22. The summed E-state index contributed by atoms with van der Waals surface area (Å²) >= 11 is 0. The van der Waals surface area contributed by atoms with Crippen LogP contribution in [0.1, 0.15) is 23.6 Å². The standard InChI is InChI=1S/C15H13FN2O2/c16-13-9-11(6-8-15(13)18(19)20)17-14-7-5-10-3-1-2-4-12(10)14/h1-4,6,8-9,14,17H,5,7H2. The SMILES string of the molecule is O=[N+]([O-])c1ccc(NC2CCc3ccccc32)cc1F. The zero-order valence-corrected chi connectivity index (χ0v) is 10.7. The van der Waals surface area contributed by atoms with Crippen LogP contribution >= 0.6 is 0 Å². The van der Waals surface area contributed by atoms with Crippen molar-refractivity contribution in [2.24, 2.45) is 0 Å². The van der Waals surface area contributed by atoms with Crippen molar-refractivity contribution in [1.29, 1.82) is 0 Å². The van der Waals surface area contributed by atoms with E-state index in [2.05, 4.69) is 17.4 Å². The lowest BCUT2D eigenvalue weighted by Crippen LogP contribution is -2.07. The van der Waals surface area contributed by atoms with Crippen LogP contribution in [-0.2, 0) is 6.42 Å². The second-order valence-corrected chi connectivity index (χ2v) is 4.86. The molecule has 0 radical (unpaired) electrons. The summed E-state index contributed by atoms with van der Waals surface area (Å²) in [6.45, 7) is 0. The number of fused-ring (bicyclic) bond motifs is 1. The molecule has 0 fully saturated rings. The van der Waals surface area contributed by atoms with E-state index in [4.69, 9.17) is 0 Å². The summed E-state index contributed by atoms with van der Waals surface area (Å²) in [6.07, 6.45) is 1.93. The highest BCUT2D eigenvalue weighted by Crippen LogP contribution is 2.34. The summed E-state index contributed by atoms with van der Waals surface area (Å²) in [4.78, 5) is 9.87. The number of nitro groups is 1. The second kappa shape index (κ2) is 4.92. The van der Waals surface area contributed by atoms with Crippen LogP contribution in [-0.4, -0.2) is 4.92 Å². The van der Waals surface area contributed by atoms with Gasteiger partial charge in [-0.2, -0.15) is 4.39 Å². The Morgan fingerprint density at radius 3 is 2.80 bits per heavy atom. The molecule has 1 unspecified atom stereocenters. The molecule has 3 rings (SSSR count). The third-order valence-corrected chi connectivity index (χ3v) is 3.62. The number of hydrogen-bond acceptors (Lipinski definition) is 3. The van der Waals surface area contributed by atoms with E-state index >= 15 is 0 Å². The van der Waals surface area contributed by atoms with E-state index < -0.39 is 16.4 Å². The number of anilines is 1. The number of hydrogen-bond donors (Lipinski definition) is 1. The molecule has 0 spiro atoms. The topological polar surface area (TPSA) is 55.2 Å². The fourth-order valence-corrected chi connectivity index (χ4v) is 2.65. The van der Waals surface area contributed by atoms with Gasteiger partial charge in [-0.25, -0.2) is 0 Å². The normalized spacial score (nSPS) is 16.8. The van der Waals surface area contributed by atoms with Gasteiger partial charge in [-0.3, -0.25) is 10.1 Å². The van der Waals surface area contributed by atoms with Crippen molar-refractivity contribution < 1.29 is 9.31 Å². The van der Waals surface area contributed by atoms with Crippen molar-refractivity contribution in [3.05, 3.63) is 69.5 Å². The average Bonchev–Trinajstić information content (AvgIpc) is 2.82. The van der Waals surface area contributed by atoms with Gasteiger partial charge in [-0.1, -0.05) is 24.3 Å². The van der Waals surface area contributed by atoms with Gasteiger partial charge in [0.2, 0.25) is 5.82 Å². The Balaban J connectivity index is 1.83. The molecule has 0 saturated carbocycles. The lowest BCUT2D eigenvalue weighted by molar-refractivity contribution is -0.387. The number of benzene rings is 2. The van der Waals surface area contributed by atoms with E-state index in [9.17, 15) is 14.5 Å². The highest BCUT2D eigenvalue weighted by atomic mass is 19.1.